The number of hydrogen-bond acceptors (Lipinski definition) is 4. The predicted octanol–water partition coefficient (Wildman–Crippen LogP) is 4.11. The van der Waals surface area contributed by atoms with Crippen LogP contribution < -0.4 is 10.1 Å². The quantitative estimate of drug-likeness (QED) is 0.842. The third-order valence-corrected chi connectivity index (χ3v) is 4.34. The summed E-state index contributed by atoms with van der Waals surface area (Å²) in [6, 6.07) is 8.84. The number of hydrogen-bond donors (Lipinski definition) is 1. The number of nitrogens with zero attached hydrogens (tertiary/aromatic N) is 1. The molecule has 1 N–H and O–H groups in total. The smallest absolute Gasteiger partial charge is 0.274 e. The molecule has 0 aliphatic carbocycles. The van der Waals surface area contributed by atoms with Crippen LogP contribution in [0.1, 0.15) is 35.8 Å². The highest BCUT2D eigenvalue weighted by molar-refractivity contribution is 6.31. The first-order chi connectivity index (χ1) is 12.2. The van der Waals surface area contributed by atoms with E-state index in [-0.39, 0.29) is 12.0 Å². The van der Waals surface area contributed by atoms with Crippen molar-refractivity contribution in [1.82, 2.24) is 4.98 Å². The van der Waals surface area contributed by atoms with Gasteiger partial charge in [-0.25, -0.2) is 0 Å². The van der Waals surface area contributed by atoms with Crippen molar-refractivity contribution in [2.24, 2.45) is 0 Å². The Hall–Kier alpha value is -2.11. The Morgan fingerprint density at radius 1 is 1.40 bits per heavy atom. The zero-order valence-corrected chi connectivity index (χ0v) is 14.9. The van der Waals surface area contributed by atoms with E-state index >= 15 is 0 Å². The van der Waals surface area contributed by atoms with Crippen LogP contribution in [0.15, 0.2) is 36.5 Å². The molecule has 1 atom stereocenters. The second kappa shape index (κ2) is 8.32. The number of pyridine rings is 1. The molecule has 1 aromatic carbocycles. The van der Waals surface area contributed by atoms with Crippen molar-refractivity contribution in [1.29, 1.82) is 0 Å². The normalized spacial score (nSPS) is 16.6. The number of nitrogens with one attached hydrogen (secondary N) is 1. The molecule has 3 rings (SSSR count). The summed E-state index contributed by atoms with van der Waals surface area (Å²) in [6.45, 7) is 3.26. The highest BCUT2D eigenvalue weighted by atomic mass is 35.5. The number of ether oxygens (including phenoxy) is 2. The van der Waals surface area contributed by atoms with Gasteiger partial charge in [0.1, 0.15) is 18.1 Å². The van der Waals surface area contributed by atoms with Crippen molar-refractivity contribution in [3.63, 3.8) is 0 Å². The molecule has 1 aliphatic heterocycles. The Balaban J connectivity index is 1.73. The van der Waals surface area contributed by atoms with Crippen LogP contribution in [-0.4, -0.2) is 30.2 Å². The Labute approximate surface area is 152 Å². The SMILES string of the molecule is CCc1ccnc(C(=O)Nc2cc(Cl)ccc2OCC2CCCO2)c1. The first kappa shape index (κ1) is 17.7. The number of anilines is 1. The summed E-state index contributed by atoms with van der Waals surface area (Å²) in [7, 11) is 0. The lowest BCUT2D eigenvalue weighted by molar-refractivity contribution is 0.0682. The minimum absolute atomic E-state index is 0.0992. The second-order valence-corrected chi connectivity index (χ2v) is 6.38. The Morgan fingerprint density at radius 3 is 3.04 bits per heavy atom. The lowest BCUT2D eigenvalue weighted by atomic mass is 10.2. The van der Waals surface area contributed by atoms with Gasteiger partial charge in [0.05, 0.1) is 11.8 Å². The molecule has 6 heteroatoms. The van der Waals surface area contributed by atoms with E-state index in [4.69, 9.17) is 21.1 Å². The molecule has 25 heavy (non-hydrogen) atoms. The Bertz CT molecular complexity index is 745. The monoisotopic (exact) mass is 360 g/mol. The molecular weight excluding hydrogens is 340 g/mol. The molecule has 0 saturated carbocycles. The van der Waals surface area contributed by atoms with Crippen LogP contribution in [0.4, 0.5) is 5.69 Å². The number of benzene rings is 1. The van der Waals surface area contributed by atoms with Gasteiger partial charge in [0.25, 0.3) is 5.91 Å². The van der Waals surface area contributed by atoms with E-state index in [2.05, 4.69) is 10.3 Å². The number of carbonyl (C=O) groups is 1. The molecule has 1 unspecified atom stereocenters. The molecule has 0 bridgehead atoms. The van der Waals surface area contributed by atoms with Gasteiger partial charge in [-0.15, -0.1) is 0 Å². The molecule has 1 aromatic heterocycles. The van der Waals surface area contributed by atoms with Gasteiger partial charge in [0, 0.05) is 17.8 Å². The van der Waals surface area contributed by atoms with Crippen LogP contribution in [0.5, 0.6) is 5.75 Å². The zero-order chi connectivity index (χ0) is 17.6. The van der Waals surface area contributed by atoms with Crippen LogP contribution in [0, 0.1) is 0 Å². The first-order valence-electron chi connectivity index (χ1n) is 8.46. The summed E-state index contributed by atoms with van der Waals surface area (Å²) in [5.74, 6) is 0.277. The fraction of sp³-hybridized carbons (Fsp3) is 0.368. The largest absolute Gasteiger partial charge is 0.489 e. The summed E-state index contributed by atoms with van der Waals surface area (Å²) in [4.78, 5) is 16.6. The van der Waals surface area contributed by atoms with Gasteiger partial charge < -0.3 is 14.8 Å². The highest BCUT2D eigenvalue weighted by Crippen LogP contribution is 2.29. The summed E-state index contributed by atoms with van der Waals surface area (Å²) >= 11 is 6.07. The fourth-order valence-electron chi connectivity index (χ4n) is 2.69. The molecule has 132 valence electrons. The number of halogens is 1. The average molecular weight is 361 g/mol. The lowest BCUT2D eigenvalue weighted by Gasteiger charge is -2.15. The number of rotatable bonds is 6. The van der Waals surface area contributed by atoms with Gasteiger partial charge in [-0.2, -0.15) is 0 Å². The summed E-state index contributed by atoms with van der Waals surface area (Å²) in [5.41, 5.74) is 1.95. The average Bonchev–Trinajstić information content (AvgIpc) is 3.14. The number of aryl methyl sites for hydroxylation is 1. The van der Waals surface area contributed by atoms with Gasteiger partial charge in [0.15, 0.2) is 0 Å². The fourth-order valence-corrected chi connectivity index (χ4v) is 2.86. The van der Waals surface area contributed by atoms with E-state index in [0.29, 0.717) is 28.8 Å². The molecule has 1 saturated heterocycles. The van der Waals surface area contributed by atoms with Crippen LogP contribution in [0.25, 0.3) is 0 Å². The van der Waals surface area contributed by atoms with Crippen LogP contribution in [-0.2, 0) is 11.2 Å². The van der Waals surface area contributed by atoms with Gasteiger partial charge in [-0.3, -0.25) is 9.78 Å². The Kier molecular flexibility index (Phi) is 5.89. The molecule has 0 radical (unpaired) electrons. The molecule has 1 aliphatic rings. The standard InChI is InChI=1S/C19H21ClN2O3/c1-2-13-7-8-21-17(10-13)19(23)22-16-11-14(20)5-6-18(16)25-12-15-4-3-9-24-15/h5-8,10-11,15H,2-4,9,12H2,1H3,(H,22,23). The van der Waals surface area contributed by atoms with Crippen molar-refractivity contribution in [2.75, 3.05) is 18.5 Å². The van der Waals surface area contributed by atoms with Gasteiger partial charge in [-0.1, -0.05) is 18.5 Å². The van der Waals surface area contributed by atoms with Crippen LogP contribution >= 0.6 is 11.6 Å². The molecule has 2 heterocycles. The zero-order valence-electron chi connectivity index (χ0n) is 14.1. The summed E-state index contributed by atoms with van der Waals surface area (Å²) in [6.07, 6.45) is 4.62. The molecule has 2 aromatic rings. The van der Waals surface area contributed by atoms with E-state index in [1.54, 1.807) is 30.5 Å². The topological polar surface area (TPSA) is 60.5 Å². The summed E-state index contributed by atoms with van der Waals surface area (Å²) in [5, 5.41) is 3.37. The molecule has 1 amide bonds. The summed E-state index contributed by atoms with van der Waals surface area (Å²) < 4.78 is 11.4. The molecular formula is C19H21ClN2O3. The maximum Gasteiger partial charge on any atom is 0.274 e. The van der Waals surface area contributed by atoms with Crippen molar-refractivity contribution in [2.45, 2.75) is 32.3 Å². The highest BCUT2D eigenvalue weighted by Gasteiger charge is 2.18. The van der Waals surface area contributed by atoms with Crippen LogP contribution in [0.2, 0.25) is 5.02 Å². The third kappa shape index (κ3) is 4.71. The van der Waals surface area contributed by atoms with E-state index in [0.717, 1.165) is 31.4 Å². The Morgan fingerprint density at radius 2 is 2.28 bits per heavy atom. The first-order valence-corrected chi connectivity index (χ1v) is 8.83. The maximum absolute atomic E-state index is 12.5. The number of amides is 1. The number of aromatic nitrogens is 1. The molecule has 1 fully saturated rings. The van der Waals surface area contributed by atoms with Crippen molar-refractivity contribution < 1.29 is 14.3 Å². The second-order valence-electron chi connectivity index (χ2n) is 5.94. The predicted molar refractivity (Wildman–Crippen MR) is 97.5 cm³/mol. The van der Waals surface area contributed by atoms with E-state index in [1.165, 1.54) is 0 Å². The van der Waals surface area contributed by atoms with Crippen molar-refractivity contribution >= 4 is 23.2 Å². The maximum atomic E-state index is 12.5. The van der Waals surface area contributed by atoms with Gasteiger partial charge in [0.2, 0.25) is 0 Å². The minimum atomic E-state index is -0.292. The van der Waals surface area contributed by atoms with E-state index < -0.39 is 0 Å². The van der Waals surface area contributed by atoms with Gasteiger partial charge in [-0.05, 0) is 55.2 Å². The lowest BCUT2D eigenvalue weighted by Crippen LogP contribution is -2.18. The van der Waals surface area contributed by atoms with Crippen molar-refractivity contribution in [3.8, 4) is 5.75 Å². The molecule has 5 nitrogen and oxygen atoms in total. The van der Waals surface area contributed by atoms with Gasteiger partial charge >= 0.3 is 0 Å². The molecule has 0 spiro atoms. The minimum Gasteiger partial charge on any atom is -0.489 e. The van der Waals surface area contributed by atoms with E-state index in [9.17, 15) is 4.79 Å². The van der Waals surface area contributed by atoms with Crippen molar-refractivity contribution in [3.05, 3.63) is 52.8 Å². The third-order valence-electron chi connectivity index (χ3n) is 4.10. The van der Waals surface area contributed by atoms with E-state index in [1.807, 2.05) is 13.0 Å². The van der Waals surface area contributed by atoms with Crippen LogP contribution in [0.3, 0.4) is 0 Å². The number of carbonyl (C=O) groups excluding carboxylic acids is 1.